The van der Waals surface area contributed by atoms with Crippen molar-refractivity contribution in [1.82, 2.24) is 14.5 Å². The van der Waals surface area contributed by atoms with Crippen LogP contribution in [0.4, 0.5) is 18.9 Å². The van der Waals surface area contributed by atoms with E-state index in [4.69, 9.17) is 0 Å². The summed E-state index contributed by atoms with van der Waals surface area (Å²) in [5, 5.41) is 3.18. The fourth-order valence-electron chi connectivity index (χ4n) is 3.95. The summed E-state index contributed by atoms with van der Waals surface area (Å²) in [6, 6.07) is 4.31. The summed E-state index contributed by atoms with van der Waals surface area (Å²) in [5.74, 6) is -0.347. The minimum atomic E-state index is -4.42. The van der Waals surface area contributed by atoms with Crippen LogP contribution in [0.2, 0.25) is 0 Å². The maximum atomic E-state index is 12.8. The molecule has 0 aliphatic heterocycles. The van der Waals surface area contributed by atoms with Crippen molar-refractivity contribution in [3.8, 4) is 0 Å². The standard InChI is InChI=1S/C23H29F3N4O2S/c1-3-29(4-2)13-14-30-19-8-6-5-7-18(19)21(28-22(30)32)33-15-20(31)27-17-11-9-16(10-12-17)23(24,25)26/h9-12H,3-8,13-15H2,1-2H3,(H,27,31). The number of anilines is 1. The highest BCUT2D eigenvalue weighted by molar-refractivity contribution is 8.00. The summed E-state index contributed by atoms with van der Waals surface area (Å²) in [6.45, 7) is 7.40. The largest absolute Gasteiger partial charge is 0.416 e. The number of hydrogen-bond acceptors (Lipinski definition) is 5. The Kier molecular flexibility index (Phi) is 8.58. The van der Waals surface area contributed by atoms with Gasteiger partial charge in [-0.2, -0.15) is 18.2 Å². The van der Waals surface area contributed by atoms with Crippen molar-refractivity contribution in [2.45, 2.75) is 57.3 Å². The first-order valence-corrected chi connectivity index (χ1v) is 12.2. The van der Waals surface area contributed by atoms with Gasteiger partial charge < -0.3 is 10.2 Å². The zero-order chi connectivity index (χ0) is 24.0. The van der Waals surface area contributed by atoms with Crippen molar-refractivity contribution >= 4 is 23.4 Å². The molecule has 1 heterocycles. The number of amides is 1. The third-order valence-corrected chi connectivity index (χ3v) is 6.84. The lowest BCUT2D eigenvalue weighted by atomic mass is 9.97. The molecule has 1 aliphatic rings. The second-order valence-corrected chi connectivity index (χ2v) is 8.89. The van der Waals surface area contributed by atoms with E-state index in [1.54, 1.807) is 4.57 Å². The normalized spacial score (nSPS) is 13.8. The van der Waals surface area contributed by atoms with E-state index in [-0.39, 0.29) is 23.0 Å². The number of hydrogen-bond donors (Lipinski definition) is 1. The zero-order valence-corrected chi connectivity index (χ0v) is 19.7. The van der Waals surface area contributed by atoms with Crippen LogP contribution in [0, 0.1) is 0 Å². The van der Waals surface area contributed by atoms with Crippen LogP contribution in [0.1, 0.15) is 43.5 Å². The molecule has 6 nitrogen and oxygen atoms in total. The van der Waals surface area contributed by atoms with Gasteiger partial charge in [0.15, 0.2) is 0 Å². The summed E-state index contributed by atoms with van der Waals surface area (Å²) in [7, 11) is 0. The first kappa shape index (κ1) is 25.3. The Hall–Kier alpha value is -2.33. The summed E-state index contributed by atoms with van der Waals surface area (Å²) in [5.41, 5.74) is 1.27. The molecule has 2 aromatic rings. The molecule has 1 amide bonds. The minimum absolute atomic E-state index is 0.0172. The van der Waals surface area contributed by atoms with Crippen LogP contribution < -0.4 is 11.0 Å². The number of nitrogens with zero attached hydrogens (tertiary/aromatic N) is 3. The Morgan fingerprint density at radius 1 is 1.15 bits per heavy atom. The second kappa shape index (κ2) is 11.2. The molecule has 10 heteroatoms. The van der Waals surface area contributed by atoms with E-state index in [9.17, 15) is 22.8 Å². The first-order chi connectivity index (χ1) is 15.7. The van der Waals surface area contributed by atoms with E-state index < -0.39 is 11.7 Å². The Morgan fingerprint density at radius 3 is 2.45 bits per heavy atom. The van der Waals surface area contributed by atoms with Crippen LogP contribution in [-0.4, -0.2) is 45.7 Å². The number of fused-ring (bicyclic) bond motifs is 1. The molecule has 0 unspecified atom stereocenters. The van der Waals surface area contributed by atoms with Crippen molar-refractivity contribution in [2.75, 3.05) is 30.7 Å². The number of nitrogens with one attached hydrogen (secondary N) is 1. The summed E-state index contributed by atoms with van der Waals surface area (Å²) in [4.78, 5) is 31.7. The third-order valence-electron chi connectivity index (χ3n) is 5.82. The Bertz CT molecular complexity index is 1020. The van der Waals surface area contributed by atoms with E-state index >= 15 is 0 Å². The molecule has 0 fully saturated rings. The second-order valence-electron chi connectivity index (χ2n) is 7.92. The number of thioether (sulfide) groups is 1. The fraction of sp³-hybridized carbons (Fsp3) is 0.522. The molecule has 3 rings (SSSR count). The maximum absolute atomic E-state index is 12.8. The monoisotopic (exact) mass is 482 g/mol. The highest BCUT2D eigenvalue weighted by Crippen LogP contribution is 2.30. The Labute approximate surface area is 195 Å². The number of likely N-dealkylation sites (N-methyl/N-ethyl adjacent to an activating group) is 1. The van der Waals surface area contributed by atoms with Crippen molar-refractivity contribution in [1.29, 1.82) is 0 Å². The average Bonchev–Trinajstić information content (AvgIpc) is 2.79. The van der Waals surface area contributed by atoms with E-state index in [0.717, 1.165) is 68.7 Å². The molecule has 180 valence electrons. The number of benzene rings is 1. The van der Waals surface area contributed by atoms with E-state index in [1.165, 1.54) is 23.9 Å². The maximum Gasteiger partial charge on any atom is 0.416 e. The number of carbonyl (C=O) groups is 1. The molecule has 0 radical (unpaired) electrons. The van der Waals surface area contributed by atoms with Gasteiger partial charge in [-0.25, -0.2) is 4.79 Å². The van der Waals surface area contributed by atoms with Gasteiger partial charge in [-0.3, -0.25) is 9.36 Å². The SMILES string of the molecule is CCN(CC)CCn1c2c(c(SCC(=O)Nc3ccc(C(F)(F)F)cc3)nc1=O)CCCC2. The molecule has 0 bridgehead atoms. The molecule has 0 atom stereocenters. The predicted molar refractivity (Wildman–Crippen MR) is 124 cm³/mol. The van der Waals surface area contributed by atoms with Gasteiger partial charge in [0.05, 0.1) is 11.3 Å². The van der Waals surface area contributed by atoms with Crippen molar-refractivity contribution < 1.29 is 18.0 Å². The predicted octanol–water partition coefficient (Wildman–Crippen LogP) is 4.21. The topological polar surface area (TPSA) is 67.2 Å². The van der Waals surface area contributed by atoms with Crippen LogP contribution in [0.5, 0.6) is 0 Å². The van der Waals surface area contributed by atoms with Gasteiger partial charge >= 0.3 is 11.9 Å². The average molecular weight is 483 g/mol. The van der Waals surface area contributed by atoms with Gasteiger partial charge in [-0.15, -0.1) is 0 Å². The lowest BCUT2D eigenvalue weighted by molar-refractivity contribution is -0.137. The Morgan fingerprint density at radius 2 is 1.82 bits per heavy atom. The van der Waals surface area contributed by atoms with Gasteiger partial charge in [0, 0.05) is 30.0 Å². The van der Waals surface area contributed by atoms with E-state index in [0.29, 0.717) is 11.6 Å². The number of rotatable bonds is 9. The van der Waals surface area contributed by atoms with E-state index in [1.807, 2.05) is 0 Å². The number of carbonyl (C=O) groups excluding carboxylic acids is 1. The van der Waals surface area contributed by atoms with Crippen LogP contribution in [0.25, 0.3) is 0 Å². The molecule has 1 N–H and O–H groups in total. The number of alkyl halides is 3. The summed E-state index contributed by atoms with van der Waals surface area (Å²) in [6.07, 6.45) is -0.767. The lowest BCUT2D eigenvalue weighted by Gasteiger charge is -2.24. The minimum Gasteiger partial charge on any atom is -0.325 e. The molecule has 33 heavy (non-hydrogen) atoms. The highest BCUT2D eigenvalue weighted by atomic mass is 32.2. The van der Waals surface area contributed by atoms with Gasteiger partial charge in [0.25, 0.3) is 0 Å². The van der Waals surface area contributed by atoms with Crippen LogP contribution in [0.3, 0.4) is 0 Å². The third kappa shape index (κ3) is 6.60. The molecule has 0 saturated heterocycles. The van der Waals surface area contributed by atoms with Crippen molar-refractivity contribution in [2.24, 2.45) is 0 Å². The molecule has 0 spiro atoms. The molecule has 1 aromatic carbocycles. The van der Waals surface area contributed by atoms with Gasteiger partial charge in [-0.05, 0) is 63.0 Å². The Balaban J connectivity index is 1.69. The summed E-state index contributed by atoms with van der Waals surface area (Å²) >= 11 is 1.20. The van der Waals surface area contributed by atoms with Crippen LogP contribution >= 0.6 is 11.8 Å². The number of aromatic nitrogens is 2. The van der Waals surface area contributed by atoms with Gasteiger partial charge in [-0.1, -0.05) is 25.6 Å². The van der Waals surface area contributed by atoms with Crippen molar-refractivity contribution in [3.05, 3.63) is 51.6 Å². The number of halogens is 3. The molecule has 1 aromatic heterocycles. The molecule has 0 saturated carbocycles. The highest BCUT2D eigenvalue weighted by Gasteiger charge is 2.30. The molecular formula is C23H29F3N4O2S. The fourth-order valence-corrected chi connectivity index (χ4v) is 4.83. The first-order valence-electron chi connectivity index (χ1n) is 11.2. The van der Waals surface area contributed by atoms with Crippen molar-refractivity contribution in [3.63, 3.8) is 0 Å². The summed E-state index contributed by atoms with van der Waals surface area (Å²) < 4.78 is 39.8. The van der Waals surface area contributed by atoms with Crippen LogP contribution in [0.15, 0.2) is 34.1 Å². The van der Waals surface area contributed by atoms with E-state index in [2.05, 4.69) is 29.0 Å². The van der Waals surface area contributed by atoms with Gasteiger partial charge in [0.2, 0.25) is 5.91 Å². The quantitative estimate of drug-likeness (QED) is 0.428. The van der Waals surface area contributed by atoms with Crippen LogP contribution in [-0.2, 0) is 30.4 Å². The smallest absolute Gasteiger partial charge is 0.325 e. The molecule has 1 aliphatic carbocycles. The van der Waals surface area contributed by atoms with Gasteiger partial charge in [0.1, 0.15) is 5.03 Å². The molecular weight excluding hydrogens is 453 g/mol. The lowest BCUT2D eigenvalue weighted by Crippen LogP contribution is -2.35. The zero-order valence-electron chi connectivity index (χ0n) is 18.9.